The van der Waals surface area contributed by atoms with Crippen molar-refractivity contribution >= 4 is 22.6 Å². The van der Waals surface area contributed by atoms with Crippen molar-refractivity contribution in [1.82, 2.24) is 14.8 Å². The monoisotopic (exact) mass is 620 g/mol. The summed E-state index contributed by atoms with van der Waals surface area (Å²) >= 11 is 0. The summed E-state index contributed by atoms with van der Waals surface area (Å²) in [4.78, 5) is 30.3. The summed E-state index contributed by atoms with van der Waals surface area (Å²) in [6.07, 6.45) is 0. The number of aryl methyl sites for hydroxylation is 2. The fourth-order valence-corrected chi connectivity index (χ4v) is 5.76. The van der Waals surface area contributed by atoms with Crippen LogP contribution in [0.2, 0.25) is 0 Å². The molecular formula is C34H38F2N4O5. The highest BCUT2D eigenvalue weighted by Crippen LogP contribution is 2.36. The number of carbonyl (C=O) groups excluding carboxylic acids is 1. The zero-order valence-electron chi connectivity index (χ0n) is 26.0. The number of anilines is 1. The van der Waals surface area contributed by atoms with Gasteiger partial charge >= 0.3 is 6.03 Å². The second kappa shape index (κ2) is 14.1. The van der Waals surface area contributed by atoms with Crippen LogP contribution in [-0.2, 0) is 9.47 Å². The number of para-hydroxylation sites is 1. The number of amides is 2. The number of fused-ring (bicyclic) bond motifs is 1. The molecule has 238 valence electrons. The number of ether oxygens (including phenoxy) is 3. The molecule has 1 aliphatic rings. The lowest BCUT2D eigenvalue weighted by Crippen LogP contribution is -2.52. The maximum Gasteiger partial charge on any atom is 0.317 e. The van der Waals surface area contributed by atoms with Crippen LogP contribution in [0, 0.1) is 25.5 Å². The van der Waals surface area contributed by atoms with Gasteiger partial charge in [-0.1, -0.05) is 18.2 Å². The zero-order chi connectivity index (χ0) is 32.1. The molecule has 0 radical (unpaired) electrons. The summed E-state index contributed by atoms with van der Waals surface area (Å²) < 4.78 is 48.1. The number of halogens is 2. The molecule has 0 atom stereocenters. The molecule has 1 aromatic heterocycles. The first-order valence-electron chi connectivity index (χ1n) is 14.9. The third-order valence-electron chi connectivity index (χ3n) is 8.07. The quantitative estimate of drug-likeness (QED) is 0.250. The molecule has 1 aliphatic heterocycles. The molecule has 4 aromatic rings. The number of methoxy groups -OCH3 is 2. The summed E-state index contributed by atoms with van der Waals surface area (Å²) in [6, 6.07) is 14.2. The minimum Gasteiger partial charge on any atom is -0.497 e. The highest BCUT2D eigenvalue weighted by molar-refractivity contribution is 5.96. The molecule has 1 saturated heterocycles. The van der Waals surface area contributed by atoms with Gasteiger partial charge in [0.05, 0.1) is 43.8 Å². The van der Waals surface area contributed by atoms with Crippen LogP contribution in [0.5, 0.6) is 5.75 Å². The van der Waals surface area contributed by atoms with Gasteiger partial charge in [0.25, 0.3) is 5.56 Å². The van der Waals surface area contributed by atoms with Crippen LogP contribution in [0.4, 0.5) is 19.3 Å². The second-order valence-electron chi connectivity index (χ2n) is 10.9. The minimum absolute atomic E-state index is 0.0341. The van der Waals surface area contributed by atoms with Crippen molar-refractivity contribution in [2.75, 3.05) is 71.7 Å². The van der Waals surface area contributed by atoms with Gasteiger partial charge in [0.1, 0.15) is 17.4 Å². The molecule has 0 saturated carbocycles. The number of hydrogen-bond donors (Lipinski definition) is 1. The first kappa shape index (κ1) is 31.9. The van der Waals surface area contributed by atoms with Crippen LogP contribution in [0.15, 0.2) is 59.4 Å². The Labute approximate surface area is 260 Å². The standard InChI is InChI=1S/C34H38F2N4O5/c1-22-6-5-7-23(2)33(22)40-31-20-26(25-9-8-24(44-4)18-28(25)35)29(36)19-27(31)30(21-32(40)41)38-11-13-39(14-12-38)34(42)37-10-15-45-17-16-43-3/h5-9,18-21H,10-17H2,1-4H3,(H,37,42). The zero-order valence-corrected chi connectivity index (χ0v) is 26.0. The van der Waals surface area contributed by atoms with E-state index in [1.165, 1.54) is 31.4 Å². The third-order valence-corrected chi connectivity index (χ3v) is 8.07. The molecular weight excluding hydrogens is 582 g/mol. The maximum absolute atomic E-state index is 15.9. The fraction of sp³-hybridized carbons (Fsp3) is 0.353. The van der Waals surface area contributed by atoms with Gasteiger partial charge in [-0.05, 0) is 49.2 Å². The average molecular weight is 621 g/mol. The Bertz CT molecular complexity index is 1730. The number of piperazine rings is 1. The lowest BCUT2D eigenvalue weighted by molar-refractivity contribution is 0.0720. The first-order chi connectivity index (χ1) is 21.7. The number of carbonyl (C=O) groups is 1. The van der Waals surface area contributed by atoms with E-state index in [2.05, 4.69) is 5.32 Å². The van der Waals surface area contributed by atoms with Crippen molar-refractivity contribution in [2.45, 2.75) is 13.8 Å². The van der Waals surface area contributed by atoms with Crippen molar-refractivity contribution in [3.63, 3.8) is 0 Å². The number of pyridine rings is 1. The average Bonchev–Trinajstić information content (AvgIpc) is 3.03. The van der Waals surface area contributed by atoms with E-state index < -0.39 is 11.6 Å². The molecule has 11 heteroatoms. The van der Waals surface area contributed by atoms with E-state index in [1.54, 1.807) is 28.7 Å². The van der Waals surface area contributed by atoms with Crippen molar-refractivity contribution < 1.29 is 27.8 Å². The molecule has 1 N–H and O–H groups in total. The Morgan fingerprint density at radius 2 is 1.58 bits per heavy atom. The van der Waals surface area contributed by atoms with Gasteiger partial charge < -0.3 is 29.3 Å². The van der Waals surface area contributed by atoms with Crippen molar-refractivity contribution in [1.29, 1.82) is 0 Å². The van der Waals surface area contributed by atoms with Gasteiger partial charge in [0.2, 0.25) is 0 Å². The largest absolute Gasteiger partial charge is 0.497 e. The Hall–Kier alpha value is -4.48. The van der Waals surface area contributed by atoms with E-state index in [4.69, 9.17) is 14.2 Å². The van der Waals surface area contributed by atoms with Gasteiger partial charge in [-0.25, -0.2) is 13.6 Å². The van der Waals surface area contributed by atoms with E-state index >= 15 is 8.78 Å². The number of hydrogen-bond acceptors (Lipinski definition) is 6. The van der Waals surface area contributed by atoms with Gasteiger partial charge in [0.15, 0.2) is 0 Å². The molecule has 0 bridgehead atoms. The molecule has 0 aliphatic carbocycles. The summed E-state index contributed by atoms with van der Waals surface area (Å²) in [5.74, 6) is -0.943. The van der Waals surface area contributed by atoms with Gasteiger partial charge in [-0.2, -0.15) is 0 Å². The minimum atomic E-state index is -0.638. The van der Waals surface area contributed by atoms with E-state index in [9.17, 15) is 9.59 Å². The molecule has 3 aromatic carbocycles. The van der Waals surface area contributed by atoms with Crippen LogP contribution >= 0.6 is 0 Å². The van der Waals surface area contributed by atoms with Crippen molar-refractivity contribution in [2.24, 2.45) is 0 Å². The topological polar surface area (TPSA) is 85.3 Å². The predicted octanol–water partition coefficient (Wildman–Crippen LogP) is 5.06. The molecule has 2 amide bonds. The van der Waals surface area contributed by atoms with Gasteiger partial charge in [-0.15, -0.1) is 0 Å². The lowest BCUT2D eigenvalue weighted by atomic mass is 10.00. The predicted molar refractivity (Wildman–Crippen MR) is 171 cm³/mol. The first-order valence-corrected chi connectivity index (χ1v) is 14.9. The summed E-state index contributed by atoms with van der Waals surface area (Å²) in [7, 11) is 3.03. The number of nitrogens with zero attached hydrogens (tertiary/aromatic N) is 3. The molecule has 5 rings (SSSR count). The van der Waals surface area contributed by atoms with E-state index in [0.29, 0.717) is 80.6 Å². The number of urea groups is 1. The van der Waals surface area contributed by atoms with Crippen LogP contribution in [0.25, 0.3) is 27.7 Å². The van der Waals surface area contributed by atoms with Crippen LogP contribution in [-0.4, -0.2) is 82.3 Å². The molecule has 2 heterocycles. The van der Waals surface area contributed by atoms with E-state index in [-0.39, 0.29) is 22.7 Å². The van der Waals surface area contributed by atoms with Crippen molar-refractivity contribution in [3.05, 3.63) is 87.7 Å². The Balaban J connectivity index is 1.51. The lowest BCUT2D eigenvalue weighted by Gasteiger charge is -2.36. The number of aromatic nitrogens is 1. The Kier molecular flexibility index (Phi) is 9.99. The molecule has 0 unspecified atom stereocenters. The highest BCUT2D eigenvalue weighted by Gasteiger charge is 2.25. The smallest absolute Gasteiger partial charge is 0.317 e. The summed E-state index contributed by atoms with van der Waals surface area (Å²) in [5, 5.41) is 3.37. The molecule has 45 heavy (non-hydrogen) atoms. The van der Waals surface area contributed by atoms with Crippen LogP contribution in [0.1, 0.15) is 11.1 Å². The Morgan fingerprint density at radius 3 is 2.24 bits per heavy atom. The maximum atomic E-state index is 15.9. The summed E-state index contributed by atoms with van der Waals surface area (Å²) in [6.45, 7) is 7.24. The second-order valence-corrected chi connectivity index (χ2v) is 10.9. The normalized spacial score (nSPS) is 13.4. The van der Waals surface area contributed by atoms with Crippen molar-refractivity contribution in [3.8, 4) is 22.6 Å². The molecule has 0 spiro atoms. The summed E-state index contributed by atoms with van der Waals surface area (Å²) in [5.41, 5.74) is 3.25. The SMILES string of the molecule is COCCOCCNC(=O)N1CCN(c2cc(=O)n(-c3c(C)cccc3C)c3cc(-c4ccc(OC)cc4F)c(F)cc23)CC1. The third kappa shape index (κ3) is 6.79. The number of rotatable bonds is 10. The Morgan fingerprint density at radius 1 is 0.867 bits per heavy atom. The fourth-order valence-electron chi connectivity index (χ4n) is 5.76. The number of nitrogens with one attached hydrogen (secondary N) is 1. The van der Waals surface area contributed by atoms with Crippen LogP contribution < -0.4 is 20.5 Å². The molecule has 9 nitrogen and oxygen atoms in total. The van der Waals surface area contributed by atoms with E-state index in [0.717, 1.165) is 11.1 Å². The van der Waals surface area contributed by atoms with Crippen LogP contribution in [0.3, 0.4) is 0 Å². The number of benzene rings is 3. The van der Waals surface area contributed by atoms with Gasteiger partial charge in [-0.3, -0.25) is 9.36 Å². The molecule has 1 fully saturated rings. The van der Waals surface area contributed by atoms with Gasteiger partial charge in [0, 0.05) is 68.5 Å². The van der Waals surface area contributed by atoms with E-state index in [1.807, 2.05) is 36.9 Å². The highest BCUT2D eigenvalue weighted by atomic mass is 19.1.